The molecule has 20 heavy (non-hydrogen) atoms. The summed E-state index contributed by atoms with van der Waals surface area (Å²) in [6, 6.07) is 4.69. The Morgan fingerprint density at radius 1 is 1.40 bits per heavy atom. The standard InChI is InChI=1S/C13H15FN4OS/c1-8-4-5-11(10(14)6-8)15-12(19)7-20-13-17-16-9(2)18(13)3/h4-6H,7H2,1-3H3,(H,15,19). The molecule has 0 fully saturated rings. The summed E-state index contributed by atoms with van der Waals surface area (Å²) in [5.41, 5.74) is 1.000. The molecule has 0 radical (unpaired) electrons. The van der Waals surface area contributed by atoms with Gasteiger partial charge in [-0.15, -0.1) is 10.2 Å². The Balaban J connectivity index is 1.94. The van der Waals surface area contributed by atoms with Gasteiger partial charge in [0.25, 0.3) is 0 Å². The molecule has 0 saturated heterocycles. The van der Waals surface area contributed by atoms with Crippen molar-refractivity contribution in [3.05, 3.63) is 35.4 Å². The molecule has 106 valence electrons. The SMILES string of the molecule is Cc1ccc(NC(=O)CSc2nnc(C)n2C)c(F)c1. The van der Waals surface area contributed by atoms with Crippen LogP contribution in [0.3, 0.4) is 0 Å². The van der Waals surface area contributed by atoms with E-state index in [-0.39, 0.29) is 17.3 Å². The van der Waals surface area contributed by atoms with Crippen LogP contribution in [0.25, 0.3) is 0 Å². The number of benzene rings is 1. The van der Waals surface area contributed by atoms with Crippen molar-refractivity contribution in [3.8, 4) is 0 Å². The summed E-state index contributed by atoms with van der Waals surface area (Å²) in [7, 11) is 1.83. The van der Waals surface area contributed by atoms with Crippen LogP contribution in [0.1, 0.15) is 11.4 Å². The number of aryl methyl sites for hydroxylation is 2. The number of aromatic nitrogens is 3. The van der Waals surface area contributed by atoms with Crippen LogP contribution in [0.5, 0.6) is 0 Å². The summed E-state index contributed by atoms with van der Waals surface area (Å²) >= 11 is 1.26. The van der Waals surface area contributed by atoms with Crippen LogP contribution in [0.4, 0.5) is 10.1 Å². The van der Waals surface area contributed by atoms with Crippen LogP contribution in [0, 0.1) is 19.7 Å². The lowest BCUT2D eigenvalue weighted by molar-refractivity contribution is -0.113. The lowest BCUT2D eigenvalue weighted by atomic mass is 10.2. The summed E-state index contributed by atoms with van der Waals surface area (Å²) in [6.45, 7) is 3.62. The third-order valence-electron chi connectivity index (χ3n) is 2.78. The van der Waals surface area contributed by atoms with Gasteiger partial charge in [0.1, 0.15) is 11.6 Å². The van der Waals surface area contributed by atoms with Gasteiger partial charge in [0.2, 0.25) is 5.91 Å². The van der Waals surface area contributed by atoms with Gasteiger partial charge >= 0.3 is 0 Å². The van der Waals surface area contributed by atoms with Crippen molar-refractivity contribution in [1.29, 1.82) is 0 Å². The molecule has 7 heteroatoms. The van der Waals surface area contributed by atoms with Gasteiger partial charge in [-0.05, 0) is 31.5 Å². The van der Waals surface area contributed by atoms with Crippen LogP contribution >= 0.6 is 11.8 Å². The van der Waals surface area contributed by atoms with E-state index >= 15 is 0 Å². The molecule has 2 aromatic rings. The third kappa shape index (κ3) is 3.36. The fraction of sp³-hybridized carbons (Fsp3) is 0.308. The molecule has 0 aliphatic heterocycles. The number of halogens is 1. The number of hydrogen-bond donors (Lipinski definition) is 1. The molecule has 2 rings (SSSR count). The van der Waals surface area contributed by atoms with Gasteiger partial charge in [-0.3, -0.25) is 4.79 Å². The van der Waals surface area contributed by atoms with E-state index in [9.17, 15) is 9.18 Å². The Kier molecular flexibility index (Phi) is 4.39. The zero-order valence-corrected chi connectivity index (χ0v) is 12.3. The summed E-state index contributed by atoms with van der Waals surface area (Å²) in [5, 5.41) is 11.0. The average Bonchev–Trinajstić information content (AvgIpc) is 2.71. The van der Waals surface area contributed by atoms with Gasteiger partial charge in [0.15, 0.2) is 5.16 Å². The summed E-state index contributed by atoms with van der Waals surface area (Å²) in [6.07, 6.45) is 0. The first-order valence-electron chi connectivity index (χ1n) is 6.02. The van der Waals surface area contributed by atoms with E-state index in [2.05, 4.69) is 15.5 Å². The van der Waals surface area contributed by atoms with Crippen molar-refractivity contribution in [2.45, 2.75) is 19.0 Å². The number of rotatable bonds is 4. The van der Waals surface area contributed by atoms with E-state index in [1.165, 1.54) is 17.8 Å². The van der Waals surface area contributed by atoms with Crippen molar-refractivity contribution >= 4 is 23.4 Å². The zero-order valence-electron chi connectivity index (χ0n) is 11.5. The molecule has 5 nitrogen and oxygen atoms in total. The number of carbonyl (C=O) groups is 1. The summed E-state index contributed by atoms with van der Waals surface area (Å²) < 4.78 is 15.4. The molecule has 1 heterocycles. The van der Waals surface area contributed by atoms with Crippen molar-refractivity contribution in [3.63, 3.8) is 0 Å². The largest absolute Gasteiger partial charge is 0.323 e. The number of hydrogen-bond acceptors (Lipinski definition) is 4. The van der Waals surface area contributed by atoms with Crippen LogP contribution in [-0.2, 0) is 11.8 Å². The number of nitrogens with zero attached hydrogens (tertiary/aromatic N) is 3. The molecule has 1 N–H and O–H groups in total. The third-order valence-corrected chi connectivity index (χ3v) is 3.80. The molecule has 0 bridgehead atoms. The van der Waals surface area contributed by atoms with Gasteiger partial charge in [-0.2, -0.15) is 0 Å². The molecular weight excluding hydrogens is 279 g/mol. The van der Waals surface area contributed by atoms with Crippen LogP contribution in [0.2, 0.25) is 0 Å². The first-order valence-corrected chi connectivity index (χ1v) is 7.00. The quantitative estimate of drug-likeness (QED) is 0.879. The molecule has 0 unspecified atom stereocenters. The highest BCUT2D eigenvalue weighted by atomic mass is 32.2. The Morgan fingerprint density at radius 2 is 2.15 bits per heavy atom. The zero-order chi connectivity index (χ0) is 14.7. The molecule has 0 saturated carbocycles. The lowest BCUT2D eigenvalue weighted by Crippen LogP contribution is -2.15. The number of nitrogens with one attached hydrogen (secondary N) is 1. The van der Waals surface area contributed by atoms with Gasteiger partial charge in [-0.25, -0.2) is 4.39 Å². The topological polar surface area (TPSA) is 59.8 Å². The Morgan fingerprint density at radius 3 is 2.75 bits per heavy atom. The number of thioether (sulfide) groups is 1. The maximum atomic E-state index is 13.6. The minimum absolute atomic E-state index is 0.152. The highest BCUT2D eigenvalue weighted by Crippen LogP contribution is 2.18. The molecule has 0 spiro atoms. The van der Waals surface area contributed by atoms with Crippen LogP contribution < -0.4 is 5.32 Å². The van der Waals surface area contributed by atoms with Crippen molar-refractivity contribution in [1.82, 2.24) is 14.8 Å². The van der Waals surface area contributed by atoms with E-state index in [1.54, 1.807) is 23.6 Å². The van der Waals surface area contributed by atoms with Gasteiger partial charge in [-0.1, -0.05) is 17.8 Å². The summed E-state index contributed by atoms with van der Waals surface area (Å²) in [4.78, 5) is 11.8. The maximum absolute atomic E-state index is 13.6. The smallest absolute Gasteiger partial charge is 0.234 e. The van der Waals surface area contributed by atoms with Crippen LogP contribution in [0.15, 0.2) is 23.4 Å². The highest BCUT2D eigenvalue weighted by molar-refractivity contribution is 7.99. The van der Waals surface area contributed by atoms with Crippen molar-refractivity contribution < 1.29 is 9.18 Å². The molecular formula is C13H15FN4OS. The number of carbonyl (C=O) groups excluding carboxylic acids is 1. The van der Waals surface area contributed by atoms with Crippen molar-refractivity contribution in [2.24, 2.45) is 7.05 Å². The normalized spacial score (nSPS) is 10.6. The van der Waals surface area contributed by atoms with E-state index in [0.29, 0.717) is 5.16 Å². The maximum Gasteiger partial charge on any atom is 0.234 e. The fourth-order valence-electron chi connectivity index (χ4n) is 1.55. The summed E-state index contributed by atoms with van der Waals surface area (Å²) in [5.74, 6) is 0.216. The van der Waals surface area contributed by atoms with E-state index < -0.39 is 5.82 Å². The van der Waals surface area contributed by atoms with Crippen molar-refractivity contribution in [2.75, 3.05) is 11.1 Å². The fourth-order valence-corrected chi connectivity index (χ4v) is 2.31. The Bertz CT molecular complexity index is 641. The van der Waals surface area contributed by atoms with E-state index in [0.717, 1.165) is 11.4 Å². The second-order valence-electron chi connectivity index (χ2n) is 4.41. The minimum atomic E-state index is -0.433. The minimum Gasteiger partial charge on any atom is -0.323 e. The monoisotopic (exact) mass is 294 g/mol. The predicted octanol–water partition coefficient (Wildman–Crippen LogP) is 2.30. The number of amides is 1. The molecule has 0 aliphatic carbocycles. The molecule has 0 aliphatic rings. The Hall–Kier alpha value is -1.89. The second kappa shape index (κ2) is 6.04. The predicted molar refractivity (Wildman–Crippen MR) is 76.2 cm³/mol. The molecule has 0 atom stereocenters. The van der Waals surface area contributed by atoms with Gasteiger partial charge < -0.3 is 9.88 Å². The first-order chi connectivity index (χ1) is 9.47. The Labute approximate surface area is 120 Å². The van der Waals surface area contributed by atoms with E-state index in [4.69, 9.17) is 0 Å². The second-order valence-corrected chi connectivity index (χ2v) is 5.35. The van der Waals surface area contributed by atoms with Gasteiger partial charge in [0.05, 0.1) is 11.4 Å². The molecule has 1 aromatic carbocycles. The molecule has 1 amide bonds. The molecule has 1 aromatic heterocycles. The van der Waals surface area contributed by atoms with Gasteiger partial charge in [0, 0.05) is 7.05 Å². The highest BCUT2D eigenvalue weighted by Gasteiger charge is 2.11. The average molecular weight is 294 g/mol. The van der Waals surface area contributed by atoms with Crippen LogP contribution in [-0.4, -0.2) is 26.4 Å². The number of anilines is 1. The van der Waals surface area contributed by atoms with E-state index in [1.807, 2.05) is 14.0 Å². The lowest BCUT2D eigenvalue weighted by Gasteiger charge is -2.06. The first kappa shape index (κ1) is 14.5.